The van der Waals surface area contributed by atoms with E-state index in [2.05, 4.69) is 6.58 Å². The molecule has 1 aliphatic rings. The highest BCUT2D eigenvalue weighted by Crippen LogP contribution is 2.31. The zero-order valence-corrected chi connectivity index (χ0v) is 19.4. The van der Waals surface area contributed by atoms with Gasteiger partial charge in [0.25, 0.3) is 5.69 Å². The molecule has 0 spiro atoms. The number of hydrogen-bond donors (Lipinski definition) is 1. The van der Waals surface area contributed by atoms with Gasteiger partial charge in [0.1, 0.15) is 22.8 Å². The van der Waals surface area contributed by atoms with E-state index in [0.717, 1.165) is 31.2 Å². The van der Waals surface area contributed by atoms with Crippen LogP contribution in [0.15, 0.2) is 54.6 Å². The second kappa shape index (κ2) is 9.94. The molecule has 2 N–H and O–H groups in total. The Hall–Kier alpha value is -3.55. The first-order chi connectivity index (χ1) is 15.5. The molecule has 176 valence electrons. The van der Waals surface area contributed by atoms with Crippen LogP contribution < -0.4 is 10.5 Å². The molecule has 2 aromatic rings. The van der Waals surface area contributed by atoms with Crippen molar-refractivity contribution in [2.45, 2.75) is 64.6 Å². The van der Waals surface area contributed by atoms with Crippen molar-refractivity contribution in [3.8, 4) is 11.5 Å². The van der Waals surface area contributed by atoms with E-state index < -0.39 is 10.5 Å². The third-order valence-corrected chi connectivity index (χ3v) is 5.44. The fourth-order valence-corrected chi connectivity index (χ4v) is 3.73. The normalized spacial score (nSPS) is 14.6. The zero-order chi connectivity index (χ0) is 24.2. The number of amides is 1. The smallest absolute Gasteiger partial charge is 0.410 e. The number of benzene rings is 2. The van der Waals surface area contributed by atoms with Crippen LogP contribution in [0.2, 0.25) is 0 Å². The Bertz CT molecular complexity index is 1020. The highest BCUT2D eigenvalue weighted by Gasteiger charge is 2.30. The molecule has 0 heterocycles. The number of nitrogen functional groups attached to an aromatic ring is 1. The maximum atomic E-state index is 13.0. The molecule has 0 saturated heterocycles. The van der Waals surface area contributed by atoms with Gasteiger partial charge >= 0.3 is 6.09 Å². The van der Waals surface area contributed by atoms with Gasteiger partial charge in [0, 0.05) is 12.6 Å². The summed E-state index contributed by atoms with van der Waals surface area (Å²) in [7, 11) is 0. The van der Waals surface area contributed by atoms with E-state index in [-0.39, 0.29) is 23.5 Å². The predicted octanol–water partition coefficient (Wildman–Crippen LogP) is 6.21. The summed E-state index contributed by atoms with van der Waals surface area (Å²) in [5.41, 5.74) is 7.09. The van der Waals surface area contributed by atoms with Crippen LogP contribution in [-0.2, 0) is 11.3 Å². The molecule has 33 heavy (non-hydrogen) atoms. The van der Waals surface area contributed by atoms with Gasteiger partial charge in [-0.05, 0) is 76.3 Å². The van der Waals surface area contributed by atoms with Crippen molar-refractivity contribution < 1.29 is 19.2 Å². The topological polar surface area (TPSA) is 108 Å². The highest BCUT2D eigenvalue weighted by atomic mass is 16.6. The third-order valence-electron chi connectivity index (χ3n) is 5.44. The van der Waals surface area contributed by atoms with E-state index in [1.807, 2.05) is 32.9 Å². The largest absolute Gasteiger partial charge is 0.457 e. The number of nitrogens with two attached hydrogens (primary N) is 1. The van der Waals surface area contributed by atoms with Crippen LogP contribution in [-0.4, -0.2) is 27.6 Å². The monoisotopic (exact) mass is 453 g/mol. The molecule has 0 aliphatic heterocycles. The molecule has 3 rings (SSSR count). The minimum atomic E-state index is -0.576. The van der Waals surface area contributed by atoms with Crippen LogP contribution in [0.1, 0.15) is 52.0 Å². The van der Waals surface area contributed by atoms with Gasteiger partial charge < -0.3 is 20.1 Å². The van der Waals surface area contributed by atoms with Gasteiger partial charge in [-0.2, -0.15) is 0 Å². The summed E-state index contributed by atoms with van der Waals surface area (Å²) in [4.78, 5) is 25.3. The van der Waals surface area contributed by atoms with Gasteiger partial charge in [-0.1, -0.05) is 24.3 Å². The lowest BCUT2D eigenvalue weighted by atomic mass is 9.91. The van der Waals surface area contributed by atoms with E-state index in [1.54, 1.807) is 23.1 Å². The van der Waals surface area contributed by atoms with Gasteiger partial charge in [0.2, 0.25) is 0 Å². The minimum absolute atomic E-state index is 0.0798. The standard InChI is InChI=1S/C25H31N3O5/c1-17-5-9-19(10-6-17)27(24(29)33-25(2,3)4)16-18-7-11-20(12-8-18)32-21-13-14-22(26)23(15-21)28(30)31/h7-8,11-15,19H,1,5-6,9-10,16,26H2,2-4H3. The van der Waals surface area contributed by atoms with Gasteiger partial charge in [-0.15, -0.1) is 0 Å². The summed E-state index contributed by atoms with van der Waals surface area (Å²) in [6.45, 7) is 10.1. The number of hydrogen-bond acceptors (Lipinski definition) is 6. The zero-order valence-electron chi connectivity index (χ0n) is 19.4. The summed E-state index contributed by atoms with van der Waals surface area (Å²) in [5.74, 6) is 0.845. The molecule has 8 heteroatoms. The van der Waals surface area contributed by atoms with Gasteiger partial charge in [0.15, 0.2) is 0 Å². The SMILES string of the molecule is C=C1CCC(N(Cc2ccc(Oc3ccc(N)c([N+](=O)[O-])c3)cc2)C(=O)OC(C)(C)C)CC1. The molecule has 2 aromatic carbocycles. The van der Waals surface area contributed by atoms with Gasteiger partial charge in [0.05, 0.1) is 11.0 Å². The minimum Gasteiger partial charge on any atom is -0.457 e. The van der Waals surface area contributed by atoms with Crippen LogP contribution in [0.3, 0.4) is 0 Å². The molecule has 0 atom stereocenters. The fourth-order valence-electron chi connectivity index (χ4n) is 3.73. The first kappa shape index (κ1) is 24.1. The van der Waals surface area contributed by atoms with E-state index in [0.29, 0.717) is 18.0 Å². The fraction of sp³-hybridized carbons (Fsp3) is 0.400. The number of nitro groups is 1. The highest BCUT2D eigenvalue weighted by molar-refractivity contribution is 5.68. The Balaban J connectivity index is 1.73. The third kappa shape index (κ3) is 6.71. The van der Waals surface area contributed by atoms with Crippen LogP contribution in [0.4, 0.5) is 16.2 Å². The summed E-state index contributed by atoms with van der Waals surface area (Å²) in [5, 5.41) is 11.1. The maximum Gasteiger partial charge on any atom is 0.410 e. The molecule has 0 radical (unpaired) electrons. The van der Waals surface area contributed by atoms with Crippen molar-refractivity contribution >= 4 is 17.5 Å². The Morgan fingerprint density at radius 1 is 1.15 bits per heavy atom. The second-order valence-corrected chi connectivity index (χ2v) is 9.31. The van der Waals surface area contributed by atoms with Crippen molar-refractivity contribution in [2.24, 2.45) is 0 Å². The van der Waals surface area contributed by atoms with Crippen molar-refractivity contribution in [3.05, 3.63) is 70.3 Å². The van der Waals surface area contributed by atoms with Crippen LogP contribution >= 0.6 is 0 Å². The van der Waals surface area contributed by atoms with Crippen LogP contribution in [0.5, 0.6) is 11.5 Å². The van der Waals surface area contributed by atoms with Crippen LogP contribution in [0.25, 0.3) is 0 Å². The molecular formula is C25H31N3O5. The van der Waals surface area contributed by atoms with E-state index in [1.165, 1.54) is 17.7 Å². The predicted molar refractivity (Wildman–Crippen MR) is 127 cm³/mol. The van der Waals surface area contributed by atoms with E-state index >= 15 is 0 Å². The molecule has 1 aliphatic carbocycles. The molecule has 0 bridgehead atoms. The van der Waals surface area contributed by atoms with E-state index in [4.69, 9.17) is 15.2 Å². The Morgan fingerprint density at radius 3 is 2.33 bits per heavy atom. The Kier molecular flexibility index (Phi) is 7.26. The number of anilines is 1. The number of nitrogens with zero attached hydrogens (tertiary/aromatic N) is 2. The maximum absolute atomic E-state index is 13.0. The summed E-state index contributed by atoms with van der Waals surface area (Å²) in [6.07, 6.45) is 3.23. The Labute approximate surface area is 194 Å². The quantitative estimate of drug-likeness (QED) is 0.241. The van der Waals surface area contributed by atoms with Crippen molar-refractivity contribution in [3.63, 3.8) is 0 Å². The van der Waals surface area contributed by atoms with E-state index in [9.17, 15) is 14.9 Å². The first-order valence-corrected chi connectivity index (χ1v) is 11.0. The molecule has 1 saturated carbocycles. The number of carbonyl (C=O) groups excluding carboxylic acids is 1. The number of nitro benzene ring substituents is 1. The van der Waals surface area contributed by atoms with Gasteiger partial charge in [-0.25, -0.2) is 4.79 Å². The average molecular weight is 454 g/mol. The number of ether oxygens (including phenoxy) is 2. The average Bonchev–Trinajstić information content (AvgIpc) is 2.74. The molecule has 1 fully saturated rings. The first-order valence-electron chi connectivity index (χ1n) is 11.0. The number of allylic oxidation sites excluding steroid dienone is 1. The number of rotatable bonds is 6. The molecule has 0 unspecified atom stereocenters. The lowest BCUT2D eigenvalue weighted by Crippen LogP contribution is -2.43. The van der Waals surface area contributed by atoms with Crippen molar-refractivity contribution in [1.82, 2.24) is 4.90 Å². The lowest BCUT2D eigenvalue weighted by molar-refractivity contribution is -0.384. The molecule has 0 aromatic heterocycles. The summed E-state index contributed by atoms with van der Waals surface area (Å²) in [6, 6.07) is 11.7. The lowest BCUT2D eigenvalue weighted by Gasteiger charge is -2.36. The molecule has 1 amide bonds. The van der Waals surface area contributed by atoms with Crippen molar-refractivity contribution in [1.29, 1.82) is 0 Å². The Morgan fingerprint density at radius 2 is 1.76 bits per heavy atom. The summed E-state index contributed by atoms with van der Waals surface area (Å²) >= 11 is 0. The second-order valence-electron chi connectivity index (χ2n) is 9.31. The van der Waals surface area contributed by atoms with Crippen molar-refractivity contribution in [2.75, 3.05) is 5.73 Å². The van der Waals surface area contributed by atoms with Crippen LogP contribution in [0, 0.1) is 10.1 Å². The summed E-state index contributed by atoms with van der Waals surface area (Å²) < 4.78 is 11.4. The molecule has 8 nitrogen and oxygen atoms in total. The number of carbonyl (C=O) groups is 1. The molecular weight excluding hydrogens is 422 g/mol. The van der Waals surface area contributed by atoms with Gasteiger partial charge in [-0.3, -0.25) is 10.1 Å².